The van der Waals surface area contributed by atoms with Gasteiger partial charge < -0.3 is 30.3 Å². The van der Waals surface area contributed by atoms with Crippen LogP contribution in [0.15, 0.2) is 48.5 Å². The molecule has 6 heterocycles. The van der Waals surface area contributed by atoms with Crippen molar-refractivity contribution in [2.75, 3.05) is 90.0 Å². The lowest BCUT2D eigenvalue weighted by molar-refractivity contribution is -0.464. The number of hydrogen-bond donors (Lipinski definition) is 4. The molecule has 8 rings (SSSR count). The van der Waals surface area contributed by atoms with Gasteiger partial charge in [-0.3, -0.25) is 43.7 Å². The molecule has 4 N–H and O–H groups in total. The number of carbonyl (C=O) groups is 5. The van der Waals surface area contributed by atoms with Gasteiger partial charge in [-0.05, 0) is 11.6 Å². The lowest BCUT2D eigenvalue weighted by Crippen LogP contribution is -2.50. The van der Waals surface area contributed by atoms with Crippen LogP contribution in [0, 0.1) is 0 Å². The summed E-state index contributed by atoms with van der Waals surface area (Å²) in [5.74, 6) is -2.90. The summed E-state index contributed by atoms with van der Waals surface area (Å²) in [5, 5.41) is 42.7. The minimum absolute atomic E-state index is 0.00950. The van der Waals surface area contributed by atoms with E-state index in [1.54, 1.807) is 9.58 Å². The maximum atomic E-state index is 14.2. The zero-order valence-electron chi connectivity index (χ0n) is 34.0. The van der Waals surface area contributed by atoms with Gasteiger partial charge >= 0.3 is 17.9 Å². The average Bonchev–Trinajstić information content (AvgIpc) is 3.62. The van der Waals surface area contributed by atoms with Gasteiger partial charge in [0.15, 0.2) is 6.29 Å². The summed E-state index contributed by atoms with van der Waals surface area (Å²) >= 11 is 0. The molecule has 5 aliphatic rings. The quantitative estimate of drug-likeness (QED) is 0.196. The third-order valence-corrected chi connectivity index (χ3v) is 11.5. The number of fused-ring (bicyclic) bond motifs is 12. The Morgan fingerprint density at radius 2 is 1.32 bits per heavy atom. The molecule has 2 aromatic carbocycles. The summed E-state index contributed by atoms with van der Waals surface area (Å²) < 4.78 is 7.24. The van der Waals surface area contributed by atoms with Crippen molar-refractivity contribution in [2.24, 2.45) is 0 Å². The van der Waals surface area contributed by atoms with Gasteiger partial charge in [-0.2, -0.15) is 0 Å². The van der Waals surface area contributed by atoms with E-state index in [0.717, 1.165) is 11.1 Å². The molecule has 62 heavy (non-hydrogen) atoms. The van der Waals surface area contributed by atoms with E-state index in [2.05, 4.69) is 15.6 Å². The van der Waals surface area contributed by atoms with E-state index >= 15 is 0 Å². The van der Waals surface area contributed by atoms with Crippen molar-refractivity contribution in [3.05, 3.63) is 54.1 Å². The van der Waals surface area contributed by atoms with Crippen molar-refractivity contribution in [1.82, 2.24) is 45.3 Å². The molecule has 0 saturated carbocycles. The highest BCUT2D eigenvalue weighted by atomic mass is 17.2. The molecule has 6 atom stereocenters. The SMILES string of the molecule is O=C(CN1CCN2CCN3CCN(CC1)CC(=O)ON(OC(=O)C2)OC(=O)C3)NCCC(=O)N1Cc2ccccc2-c2nnn(C[C@@H]3C[C@H](O)[C@@H](O)C(O)O3)c2-c2ccccc21. The van der Waals surface area contributed by atoms with Gasteiger partial charge in [-0.15, -0.1) is 5.10 Å². The predicted molar refractivity (Wildman–Crippen MR) is 213 cm³/mol. The lowest BCUT2D eigenvalue weighted by Gasteiger charge is -2.34. The van der Waals surface area contributed by atoms with Crippen LogP contribution in [0.5, 0.6) is 0 Å². The fourth-order valence-electron chi connectivity index (χ4n) is 8.26. The molecule has 2 amide bonds. The molecule has 1 aromatic heterocycles. The van der Waals surface area contributed by atoms with E-state index < -0.39 is 42.5 Å². The molecule has 4 fully saturated rings. The second-order valence-corrected chi connectivity index (χ2v) is 15.9. The number of para-hydroxylation sites is 1. The first-order chi connectivity index (χ1) is 30.0. The number of nitrogens with zero attached hydrogens (tertiary/aromatic N) is 9. The molecule has 0 aliphatic carbocycles. The topological polar surface area (TPSA) is 245 Å². The Labute approximate surface area is 355 Å². The van der Waals surface area contributed by atoms with E-state index in [1.807, 2.05) is 68.1 Å². The van der Waals surface area contributed by atoms with Crippen LogP contribution < -0.4 is 10.2 Å². The monoisotopic (exact) mass is 862 g/mol. The third-order valence-electron chi connectivity index (χ3n) is 11.5. The Bertz CT molecular complexity index is 2090. The number of amides is 2. The second kappa shape index (κ2) is 19.3. The van der Waals surface area contributed by atoms with Gasteiger partial charge in [0.25, 0.3) is 0 Å². The number of aromatic nitrogens is 3. The highest BCUT2D eigenvalue weighted by molar-refractivity contribution is 6.00. The Morgan fingerprint density at radius 1 is 0.742 bits per heavy atom. The Kier molecular flexibility index (Phi) is 13.5. The second-order valence-electron chi connectivity index (χ2n) is 15.9. The molecule has 0 spiro atoms. The fraction of sp³-hybridized carbons (Fsp3) is 0.525. The van der Waals surface area contributed by atoms with Crippen molar-refractivity contribution in [3.8, 4) is 22.5 Å². The maximum Gasteiger partial charge on any atom is 0.346 e. The van der Waals surface area contributed by atoms with Crippen LogP contribution in [0.25, 0.3) is 22.5 Å². The van der Waals surface area contributed by atoms with Gasteiger partial charge in [-0.25, -0.2) is 19.1 Å². The fourth-order valence-corrected chi connectivity index (χ4v) is 8.26. The van der Waals surface area contributed by atoms with Crippen LogP contribution in [0.4, 0.5) is 5.69 Å². The molecular formula is C40H50N10O12. The number of rotatable bonds is 7. The summed E-state index contributed by atoms with van der Waals surface area (Å²) in [7, 11) is 0. The lowest BCUT2D eigenvalue weighted by atomic mass is 9.95. The van der Waals surface area contributed by atoms with Crippen LogP contribution in [0.1, 0.15) is 18.4 Å². The molecule has 5 aliphatic heterocycles. The first-order valence-corrected chi connectivity index (χ1v) is 20.7. The van der Waals surface area contributed by atoms with Crippen LogP contribution in [-0.2, 0) is 56.3 Å². The number of ether oxygens (including phenoxy) is 1. The highest BCUT2D eigenvalue weighted by Gasteiger charge is 2.37. The summed E-state index contributed by atoms with van der Waals surface area (Å²) in [6.45, 7) is 3.14. The van der Waals surface area contributed by atoms with Gasteiger partial charge in [0.1, 0.15) is 11.8 Å². The molecule has 3 unspecified atom stereocenters. The number of benzene rings is 2. The van der Waals surface area contributed by atoms with Gasteiger partial charge in [0, 0.05) is 82.9 Å². The summed E-state index contributed by atoms with van der Waals surface area (Å²) in [5.41, 5.74) is 4.05. The number of carbonyl (C=O) groups excluding carboxylic acids is 5. The number of aliphatic hydroxyl groups is 3. The van der Waals surface area contributed by atoms with Crippen LogP contribution in [-0.4, -0.2) is 195 Å². The first-order valence-electron chi connectivity index (χ1n) is 20.7. The average molecular weight is 863 g/mol. The molecule has 3 aromatic rings. The van der Waals surface area contributed by atoms with E-state index in [0.29, 0.717) is 75.0 Å². The predicted octanol–water partition coefficient (Wildman–Crippen LogP) is -2.28. The molecule has 22 nitrogen and oxygen atoms in total. The van der Waals surface area contributed by atoms with Crippen molar-refractivity contribution in [3.63, 3.8) is 0 Å². The largest absolute Gasteiger partial charge is 0.390 e. The van der Waals surface area contributed by atoms with Gasteiger partial charge in [-0.1, -0.05) is 47.7 Å². The molecule has 0 radical (unpaired) electrons. The van der Waals surface area contributed by atoms with Gasteiger partial charge in [0.2, 0.25) is 17.2 Å². The molecule has 332 valence electrons. The molecule has 22 heteroatoms. The van der Waals surface area contributed by atoms with Crippen LogP contribution in [0.2, 0.25) is 0 Å². The Morgan fingerprint density at radius 3 is 1.95 bits per heavy atom. The standard InChI is InChI=1S/C40H50N10O12/c51-31-19-27(59-40(58)39(31)57)21-49-38-29-7-3-4-8-30(29)48(20-26-5-1-2-6-28(26)37(38)42-43-49)33(53)9-10-41-32(52)22-44-11-13-45-15-17-47-18-16-46(14-12-44)24-35(55)61-50(60-34(54)23-45)62-36(56)25-47/h1-8,27,31,39-40,51,57-58H,9-25H2,(H,41,52)/t27-,31-,39+,40?/m0/s1. The minimum atomic E-state index is -1.57. The molecule has 4 saturated heterocycles. The van der Waals surface area contributed by atoms with E-state index in [1.165, 1.54) is 0 Å². The van der Waals surface area contributed by atoms with Crippen LogP contribution >= 0.6 is 0 Å². The van der Waals surface area contributed by atoms with Crippen molar-refractivity contribution in [1.29, 1.82) is 0 Å². The Hall–Kier alpha value is -5.43. The zero-order valence-corrected chi connectivity index (χ0v) is 34.0. The van der Waals surface area contributed by atoms with E-state index in [4.69, 9.17) is 19.2 Å². The minimum Gasteiger partial charge on any atom is -0.390 e. The van der Waals surface area contributed by atoms with Crippen molar-refractivity contribution >= 4 is 35.4 Å². The van der Waals surface area contributed by atoms with Gasteiger partial charge in [0.05, 0.1) is 62.9 Å². The molecular weight excluding hydrogens is 812 g/mol. The third kappa shape index (κ3) is 10.3. The van der Waals surface area contributed by atoms with Crippen molar-refractivity contribution in [2.45, 2.75) is 50.5 Å². The first kappa shape index (κ1) is 43.2. The molecule has 4 bridgehead atoms. The summed E-state index contributed by atoms with van der Waals surface area (Å²) in [6.07, 6.45) is -4.85. The number of anilines is 1. The highest BCUT2D eigenvalue weighted by Crippen LogP contribution is 2.41. The maximum absolute atomic E-state index is 14.2. The smallest absolute Gasteiger partial charge is 0.346 e. The number of hydrogen-bond acceptors (Lipinski definition) is 19. The van der Waals surface area contributed by atoms with E-state index in [9.17, 15) is 39.3 Å². The van der Waals surface area contributed by atoms with Crippen LogP contribution in [0.3, 0.4) is 0 Å². The van der Waals surface area contributed by atoms with Crippen molar-refractivity contribution < 1.29 is 58.5 Å². The number of nitrogens with one attached hydrogen (secondary N) is 1. The summed E-state index contributed by atoms with van der Waals surface area (Å²) in [6, 6.07) is 15.0. The zero-order chi connectivity index (χ0) is 43.3. The normalized spacial score (nSPS) is 28.4. The Balaban J connectivity index is 0.952. The summed E-state index contributed by atoms with van der Waals surface area (Å²) in [4.78, 5) is 90.3. The number of aliphatic hydroxyl groups excluding tert-OH is 3. The van der Waals surface area contributed by atoms with E-state index in [-0.39, 0.29) is 75.9 Å².